The van der Waals surface area contributed by atoms with E-state index in [4.69, 9.17) is 4.74 Å². The Labute approximate surface area is 112 Å². The lowest BCUT2D eigenvalue weighted by atomic mass is 10.1. The third-order valence-electron chi connectivity index (χ3n) is 3.36. The van der Waals surface area contributed by atoms with Crippen molar-refractivity contribution in [1.29, 1.82) is 0 Å². The highest BCUT2D eigenvalue weighted by molar-refractivity contribution is 5.70. The zero-order valence-corrected chi connectivity index (χ0v) is 10.5. The monoisotopic (exact) mass is 253 g/mol. The van der Waals surface area contributed by atoms with Crippen molar-refractivity contribution in [2.75, 3.05) is 6.61 Å². The fourth-order valence-electron chi connectivity index (χ4n) is 2.36. The van der Waals surface area contributed by atoms with Gasteiger partial charge in [-0.05, 0) is 11.1 Å². The Balaban J connectivity index is 1.83. The molecule has 3 heteroatoms. The number of benzene rings is 2. The largest absolute Gasteiger partial charge is 0.447 e. The summed E-state index contributed by atoms with van der Waals surface area (Å²) in [4.78, 5) is 13.6. The van der Waals surface area contributed by atoms with Crippen LogP contribution in [0.15, 0.2) is 60.7 Å². The molecule has 0 N–H and O–H groups in total. The highest BCUT2D eigenvalue weighted by Gasteiger charge is 2.33. The molecule has 0 aromatic heterocycles. The van der Waals surface area contributed by atoms with Gasteiger partial charge in [0.25, 0.3) is 0 Å². The minimum absolute atomic E-state index is 0.00825. The summed E-state index contributed by atoms with van der Waals surface area (Å²) in [5.74, 6) is 0. The summed E-state index contributed by atoms with van der Waals surface area (Å²) in [5, 5.41) is 0. The van der Waals surface area contributed by atoms with Gasteiger partial charge in [-0.2, -0.15) is 0 Å². The Morgan fingerprint density at radius 3 is 2.32 bits per heavy atom. The zero-order chi connectivity index (χ0) is 13.1. The van der Waals surface area contributed by atoms with Gasteiger partial charge in [-0.15, -0.1) is 0 Å². The Kier molecular flexibility index (Phi) is 3.19. The van der Waals surface area contributed by atoms with E-state index in [9.17, 15) is 4.79 Å². The van der Waals surface area contributed by atoms with Gasteiger partial charge in [0.2, 0.25) is 0 Å². The molecule has 0 radical (unpaired) electrons. The first-order valence-electron chi connectivity index (χ1n) is 6.37. The van der Waals surface area contributed by atoms with Crippen molar-refractivity contribution >= 4 is 6.09 Å². The van der Waals surface area contributed by atoms with Crippen LogP contribution in [0.25, 0.3) is 0 Å². The van der Waals surface area contributed by atoms with Crippen LogP contribution in [-0.2, 0) is 11.3 Å². The molecule has 0 aliphatic carbocycles. The highest BCUT2D eigenvalue weighted by Crippen LogP contribution is 2.28. The van der Waals surface area contributed by atoms with Crippen LogP contribution in [0.3, 0.4) is 0 Å². The van der Waals surface area contributed by atoms with Crippen LogP contribution < -0.4 is 0 Å². The quantitative estimate of drug-likeness (QED) is 0.839. The molecule has 3 nitrogen and oxygen atoms in total. The maximum absolute atomic E-state index is 11.9. The first kappa shape index (κ1) is 11.8. The smallest absolute Gasteiger partial charge is 0.410 e. The number of cyclic esters (lactones) is 1. The maximum Gasteiger partial charge on any atom is 0.410 e. The second-order valence-electron chi connectivity index (χ2n) is 4.62. The summed E-state index contributed by atoms with van der Waals surface area (Å²) < 4.78 is 5.19. The van der Waals surface area contributed by atoms with Gasteiger partial charge in [0, 0.05) is 6.54 Å². The molecule has 0 saturated carbocycles. The molecule has 19 heavy (non-hydrogen) atoms. The second-order valence-corrected chi connectivity index (χ2v) is 4.62. The summed E-state index contributed by atoms with van der Waals surface area (Å²) in [7, 11) is 0. The number of hydrogen-bond acceptors (Lipinski definition) is 2. The molecule has 0 bridgehead atoms. The number of carbonyl (C=O) groups is 1. The lowest BCUT2D eigenvalue weighted by molar-refractivity contribution is 0.156. The molecule has 1 aliphatic rings. The molecule has 1 saturated heterocycles. The SMILES string of the molecule is O=C1OCC(c2ccccc2)N1Cc1ccccc1. The van der Waals surface area contributed by atoms with Crippen LogP contribution in [0.2, 0.25) is 0 Å². The van der Waals surface area contributed by atoms with Crippen LogP contribution in [0, 0.1) is 0 Å². The summed E-state index contributed by atoms with van der Waals surface area (Å²) in [5.41, 5.74) is 2.23. The molecule has 1 aliphatic heterocycles. The molecule has 1 heterocycles. The predicted octanol–water partition coefficient (Wildman–Crippen LogP) is 3.38. The van der Waals surface area contributed by atoms with Gasteiger partial charge in [0.05, 0.1) is 6.04 Å². The van der Waals surface area contributed by atoms with Crippen molar-refractivity contribution in [3.05, 3.63) is 71.8 Å². The van der Waals surface area contributed by atoms with E-state index in [1.807, 2.05) is 60.7 Å². The standard InChI is InChI=1S/C16H15NO2/c18-16-17(11-13-7-3-1-4-8-13)15(12-19-16)14-9-5-2-6-10-14/h1-10,15H,11-12H2. The van der Waals surface area contributed by atoms with Gasteiger partial charge >= 0.3 is 6.09 Å². The molecule has 1 unspecified atom stereocenters. The van der Waals surface area contributed by atoms with Gasteiger partial charge in [0.15, 0.2) is 0 Å². The fraction of sp³-hybridized carbons (Fsp3) is 0.188. The van der Waals surface area contributed by atoms with E-state index in [0.29, 0.717) is 13.2 Å². The maximum atomic E-state index is 11.9. The summed E-state index contributed by atoms with van der Waals surface area (Å²) >= 11 is 0. The molecule has 0 spiro atoms. The zero-order valence-electron chi connectivity index (χ0n) is 10.5. The Morgan fingerprint density at radius 1 is 1.00 bits per heavy atom. The van der Waals surface area contributed by atoms with E-state index in [0.717, 1.165) is 11.1 Å². The van der Waals surface area contributed by atoms with E-state index in [-0.39, 0.29) is 12.1 Å². The number of ether oxygens (including phenoxy) is 1. The van der Waals surface area contributed by atoms with E-state index in [1.54, 1.807) is 4.90 Å². The van der Waals surface area contributed by atoms with Gasteiger partial charge in [0.1, 0.15) is 6.61 Å². The highest BCUT2D eigenvalue weighted by atomic mass is 16.6. The van der Waals surface area contributed by atoms with Crippen LogP contribution in [0.5, 0.6) is 0 Å². The lowest BCUT2D eigenvalue weighted by Crippen LogP contribution is -2.27. The molecule has 1 amide bonds. The Hall–Kier alpha value is -2.29. The first-order valence-corrected chi connectivity index (χ1v) is 6.37. The second kappa shape index (κ2) is 5.14. The molecule has 3 rings (SSSR count). The predicted molar refractivity (Wildman–Crippen MR) is 72.5 cm³/mol. The topological polar surface area (TPSA) is 29.5 Å². The van der Waals surface area contributed by atoms with Gasteiger partial charge < -0.3 is 4.74 Å². The van der Waals surface area contributed by atoms with Crippen molar-refractivity contribution < 1.29 is 9.53 Å². The number of carbonyl (C=O) groups excluding carboxylic acids is 1. The molecule has 1 fully saturated rings. The molecule has 1 atom stereocenters. The minimum Gasteiger partial charge on any atom is -0.447 e. The van der Waals surface area contributed by atoms with E-state index >= 15 is 0 Å². The van der Waals surface area contributed by atoms with Gasteiger partial charge in [-0.3, -0.25) is 4.90 Å². The number of hydrogen-bond donors (Lipinski definition) is 0. The number of nitrogens with zero attached hydrogens (tertiary/aromatic N) is 1. The lowest BCUT2D eigenvalue weighted by Gasteiger charge is -2.21. The van der Waals surface area contributed by atoms with Crippen molar-refractivity contribution in [3.63, 3.8) is 0 Å². The first-order chi connectivity index (χ1) is 9.34. The summed E-state index contributed by atoms with van der Waals surface area (Å²) in [6.45, 7) is 1.01. The van der Waals surface area contributed by atoms with E-state index in [1.165, 1.54) is 0 Å². The number of rotatable bonds is 3. The normalized spacial score (nSPS) is 18.4. The van der Waals surface area contributed by atoms with E-state index < -0.39 is 0 Å². The van der Waals surface area contributed by atoms with Gasteiger partial charge in [-0.1, -0.05) is 60.7 Å². The Bertz CT molecular complexity index is 553. The third-order valence-corrected chi connectivity index (χ3v) is 3.36. The van der Waals surface area contributed by atoms with Crippen molar-refractivity contribution in [3.8, 4) is 0 Å². The molecular formula is C16H15NO2. The molecule has 2 aromatic rings. The van der Waals surface area contributed by atoms with Crippen molar-refractivity contribution in [2.24, 2.45) is 0 Å². The average molecular weight is 253 g/mol. The van der Waals surface area contributed by atoms with Crippen LogP contribution in [0.4, 0.5) is 4.79 Å². The Morgan fingerprint density at radius 2 is 1.63 bits per heavy atom. The molecular weight excluding hydrogens is 238 g/mol. The number of amides is 1. The fourth-order valence-corrected chi connectivity index (χ4v) is 2.36. The molecule has 96 valence electrons. The van der Waals surface area contributed by atoms with Crippen molar-refractivity contribution in [2.45, 2.75) is 12.6 Å². The average Bonchev–Trinajstić information content (AvgIpc) is 2.82. The van der Waals surface area contributed by atoms with Crippen molar-refractivity contribution in [1.82, 2.24) is 4.90 Å². The van der Waals surface area contributed by atoms with Gasteiger partial charge in [-0.25, -0.2) is 4.79 Å². The summed E-state index contributed by atoms with van der Waals surface area (Å²) in [6.07, 6.45) is -0.238. The molecule has 2 aromatic carbocycles. The van der Waals surface area contributed by atoms with Crippen LogP contribution in [0.1, 0.15) is 17.2 Å². The van der Waals surface area contributed by atoms with E-state index in [2.05, 4.69) is 0 Å². The summed E-state index contributed by atoms with van der Waals surface area (Å²) in [6, 6.07) is 20.0. The van der Waals surface area contributed by atoms with Crippen LogP contribution >= 0.6 is 0 Å². The van der Waals surface area contributed by atoms with Crippen LogP contribution in [-0.4, -0.2) is 17.6 Å². The minimum atomic E-state index is -0.238. The third kappa shape index (κ3) is 2.45.